The fourth-order valence-corrected chi connectivity index (χ4v) is 2.65. The number of nitrogens with zero attached hydrogens (tertiary/aromatic N) is 1. The van der Waals surface area contributed by atoms with Gasteiger partial charge in [-0.15, -0.1) is 0 Å². The first-order chi connectivity index (χ1) is 7.92. The molecule has 3 atom stereocenters. The van der Waals surface area contributed by atoms with Crippen LogP contribution in [0.4, 0.5) is 4.79 Å². The van der Waals surface area contributed by atoms with E-state index in [1.54, 1.807) is 7.11 Å². The van der Waals surface area contributed by atoms with E-state index in [1.807, 2.05) is 25.7 Å². The highest BCUT2D eigenvalue weighted by Gasteiger charge is 2.47. The number of hydrogen-bond acceptors (Lipinski definition) is 4. The molecule has 1 amide bonds. The zero-order valence-electron chi connectivity index (χ0n) is 11.0. The summed E-state index contributed by atoms with van der Waals surface area (Å²) in [4.78, 5) is 14.0. The van der Waals surface area contributed by atoms with Gasteiger partial charge in [-0.2, -0.15) is 0 Å². The monoisotopic (exact) mass is 242 g/mol. The van der Waals surface area contributed by atoms with Gasteiger partial charge in [0.05, 0.1) is 18.2 Å². The average molecular weight is 242 g/mol. The van der Waals surface area contributed by atoms with Gasteiger partial charge in [0.2, 0.25) is 0 Å². The average Bonchev–Trinajstić information content (AvgIpc) is 2.43. The van der Waals surface area contributed by atoms with Crippen molar-refractivity contribution in [2.24, 2.45) is 0 Å². The highest BCUT2D eigenvalue weighted by Crippen LogP contribution is 2.30. The summed E-state index contributed by atoms with van der Waals surface area (Å²) in [5, 5.41) is 3.33. The van der Waals surface area contributed by atoms with Gasteiger partial charge in [-0.1, -0.05) is 0 Å². The Labute approximate surface area is 102 Å². The Morgan fingerprint density at radius 1 is 1.35 bits per heavy atom. The Morgan fingerprint density at radius 2 is 2.06 bits per heavy atom. The number of nitrogens with one attached hydrogen (secondary N) is 1. The van der Waals surface area contributed by atoms with Crippen LogP contribution in [0.2, 0.25) is 0 Å². The van der Waals surface area contributed by atoms with Crippen LogP contribution in [-0.2, 0) is 9.47 Å². The van der Waals surface area contributed by atoms with Crippen LogP contribution in [0.3, 0.4) is 0 Å². The van der Waals surface area contributed by atoms with Crippen molar-refractivity contribution < 1.29 is 14.3 Å². The minimum atomic E-state index is -0.441. The van der Waals surface area contributed by atoms with Gasteiger partial charge >= 0.3 is 6.09 Å². The Hall–Kier alpha value is -0.810. The lowest BCUT2D eigenvalue weighted by molar-refractivity contribution is -0.000439. The topological polar surface area (TPSA) is 50.8 Å². The molecule has 2 aliphatic rings. The van der Waals surface area contributed by atoms with Gasteiger partial charge < -0.3 is 14.8 Å². The molecule has 0 spiro atoms. The van der Waals surface area contributed by atoms with Crippen molar-refractivity contribution in [2.45, 2.75) is 51.0 Å². The zero-order valence-corrected chi connectivity index (χ0v) is 11.0. The Morgan fingerprint density at radius 3 is 2.65 bits per heavy atom. The van der Waals surface area contributed by atoms with Crippen LogP contribution in [0.15, 0.2) is 0 Å². The molecule has 1 N–H and O–H groups in total. The number of carbonyl (C=O) groups excluding carboxylic acids is 1. The molecule has 2 saturated heterocycles. The fraction of sp³-hybridized carbons (Fsp3) is 0.917. The molecular formula is C12H22N2O3. The highest BCUT2D eigenvalue weighted by atomic mass is 16.6. The molecule has 0 aromatic heterocycles. The number of ether oxygens (including phenoxy) is 2. The molecule has 2 heterocycles. The largest absolute Gasteiger partial charge is 0.444 e. The van der Waals surface area contributed by atoms with Crippen molar-refractivity contribution in [3.8, 4) is 0 Å². The minimum absolute atomic E-state index is 0.105. The third-order valence-corrected chi connectivity index (χ3v) is 3.32. The van der Waals surface area contributed by atoms with Gasteiger partial charge in [-0.25, -0.2) is 4.79 Å². The normalized spacial score (nSPS) is 32.7. The number of piperazine rings is 1. The van der Waals surface area contributed by atoms with Crippen LogP contribution in [-0.4, -0.2) is 55.0 Å². The number of carbonyl (C=O) groups is 1. The predicted molar refractivity (Wildman–Crippen MR) is 63.9 cm³/mol. The van der Waals surface area contributed by atoms with E-state index in [1.165, 1.54) is 0 Å². The van der Waals surface area contributed by atoms with E-state index < -0.39 is 5.60 Å². The van der Waals surface area contributed by atoms with Crippen molar-refractivity contribution in [1.29, 1.82) is 0 Å². The maximum Gasteiger partial charge on any atom is 0.410 e. The number of amides is 1. The van der Waals surface area contributed by atoms with E-state index in [4.69, 9.17) is 9.47 Å². The molecule has 2 rings (SSSR count). The van der Waals surface area contributed by atoms with Crippen LogP contribution < -0.4 is 5.32 Å². The predicted octanol–water partition coefficient (Wildman–Crippen LogP) is 0.983. The first-order valence-electron chi connectivity index (χ1n) is 6.17. The standard InChI is InChI=1S/C12H22N2O3/c1-12(2,3)17-11(15)14-8-5-10(16-4)9(14)7-13-6-8/h8-10,13H,5-7H2,1-4H3/t8-,9-,10-/m0/s1. The fourth-order valence-electron chi connectivity index (χ4n) is 2.65. The second kappa shape index (κ2) is 4.46. The van der Waals surface area contributed by atoms with Gasteiger partial charge in [0.1, 0.15) is 5.60 Å². The van der Waals surface area contributed by atoms with Crippen LogP contribution in [0.25, 0.3) is 0 Å². The molecule has 98 valence electrons. The van der Waals surface area contributed by atoms with Crippen molar-refractivity contribution in [3.63, 3.8) is 0 Å². The van der Waals surface area contributed by atoms with Crippen LogP contribution >= 0.6 is 0 Å². The molecule has 5 heteroatoms. The number of fused-ring (bicyclic) bond motifs is 2. The summed E-state index contributed by atoms with van der Waals surface area (Å²) in [5.74, 6) is 0. The summed E-state index contributed by atoms with van der Waals surface area (Å²) in [6.45, 7) is 7.29. The summed E-state index contributed by atoms with van der Waals surface area (Å²) in [6, 6.07) is 0.308. The smallest absolute Gasteiger partial charge is 0.410 e. The lowest BCUT2D eigenvalue weighted by Gasteiger charge is -2.36. The van der Waals surface area contributed by atoms with Gasteiger partial charge in [-0.3, -0.25) is 4.90 Å². The summed E-state index contributed by atoms with van der Waals surface area (Å²) in [6.07, 6.45) is 0.809. The van der Waals surface area contributed by atoms with Gasteiger partial charge in [0.25, 0.3) is 0 Å². The SMILES string of the molecule is CO[C@H]1C[C@H]2CNC[C@@H]1N2C(=O)OC(C)(C)C. The maximum absolute atomic E-state index is 12.2. The van der Waals surface area contributed by atoms with E-state index >= 15 is 0 Å². The van der Waals surface area contributed by atoms with Crippen LogP contribution in [0.1, 0.15) is 27.2 Å². The van der Waals surface area contributed by atoms with Crippen molar-refractivity contribution in [3.05, 3.63) is 0 Å². The maximum atomic E-state index is 12.2. The molecule has 2 aliphatic heterocycles. The van der Waals surface area contributed by atoms with Gasteiger partial charge in [-0.05, 0) is 27.2 Å². The zero-order chi connectivity index (χ0) is 12.6. The van der Waals surface area contributed by atoms with Crippen LogP contribution in [0.5, 0.6) is 0 Å². The van der Waals surface area contributed by atoms with Crippen molar-refractivity contribution >= 4 is 6.09 Å². The van der Waals surface area contributed by atoms with Gasteiger partial charge in [0, 0.05) is 20.2 Å². The first kappa shape index (κ1) is 12.6. The Balaban J connectivity index is 2.08. The lowest BCUT2D eigenvalue weighted by atomic mass is 10.1. The molecule has 2 bridgehead atoms. The minimum Gasteiger partial charge on any atom is -0.444 e. The lowest BCUT2D eigenvalue weighted by Crippen LogP contribution is -2.56. The number of hydrogen-bond donors (Lipinski definition) is 1. The van der Waals surface area contributed by atoms with Gasteiger partial charge in [0.15, 0.2) is 0 Å². The van der Waals surface area contributed by atoms with E-state index in [0.717, 1.165) is 19.5 Å². The van der Waals surface area contributed by atoms with E-state index in [9.17, 15) is 4.79 Å². The number of rotatable bonds is 1. The molecule has 17 heavy (non-hydrogen) atoms. The highest BCUT2D eigenvalue weighted by molar-refractivity contribution is 5.70. The Bertz CT molecular complexity index is 301. The molecule has 0 aliphatic carbocycles. The molecule has 0 unspecified atom stereocenters. The molecule has 0 aromatic carbocycles. The molecule has 2 fully saturated rings. The van der Waals surface area contributed by atoms with Crippen LogP contribution in [0, 0.1) is 0 Å². The third kappa shape index (κ3) is 2.55. The molecule has 5 nitrogen and oxygen atoms in total. The summed E-state index contributed by atoms with van der Waals surface area (Å²) < 4.78 is 10.9. The summed E-state index contributed by atoms with van der Waals surface area (Å²) >= 11 is 0. The molecule has 0 aromatic rings. The van der Waals surface area contributed by atoms with E-state index in [0.29, 0.717) is 0 Å². The second-order valence-corrected chi connectivity index (χ2v) is 5.78. The summed E-state index contributed by atoms with van der Waals surface area (Å²) in [5.41, 5.74) is -0.441. The van der Waals surface area contributed by atoms with Crippen molar-refractivity contribution in [2.75, 3.05) is 20.2 Å². The van der Waals surface area contributed by atoms with Crippen molar-refractivity contribution in [1.82, 2.24) is 10.2 Å². The quantitative estimate of drug-likeness (QED) is 0.745. The second-order valence-electron chi connectivity index (χ2n) is 5.78. The molecule has 0 radical (unpaired) electrons. The molecule has 0 saturated carbocycles. The van der Waals surface area contributed by atoms with E-state index in [-0.39, 0.29) is 24.3 Å². The molecular weight excluding hydrogens is 220 g/mol. The third-order valence-electron chi connectivity index (χ3n) is 3.32. The first-order valence-corrected chi connectivity index (χ1v) is 6.17. The summed E-state index contributed by atoms with van der Waals surface area (Å²) in [7, 11) is 1.71. The number of methoxy groups -OCH3 is 1. The Kier molecular flexibility index (Phi) is 3.32. The van der Waals surface area contributed by atoms with E-state index in [2.05, 4.69) is 5.32 Å².